The van der Waals surface area contributed by atoms with Crippen LogP contribution in [0.2, 0.25) is 0 Å². The van der Waals surface area contributed by atoms with Crippen LogP contribution in [0.25, 0.3) is 0 Å². The van der Waals surface area contributed by atoms with Crippen molar-refractivity contribution >= 4 is 11.7 Å². The van der Waals surface area contributed by atoms with Gasteiger partial charge in [-0.3, -0.25) is 9.59 Å². The molecule has 3 heterocycles. The van der Waals surface area contributed by atoms with Crippen LogP contribution < -0.4 is 0 Å². The summed E-state index contributed by atoms with van der Waals surface area (Å²) in [6.07, 6.45) is 5.53. The van der Waals surface area contributed by atoms with Gasteiger partial charge >= 0.3 is 0 Å². The number of benzene rings is 1. The number of unbranched alkanes of at least 4 members (excludes halogenated alkanes) is 1. The number of piperidine rings is 1. The molecule has 0 saturated carbocycles. The minimum Gasteiger partial charge on any atom is -0.387 e. The van der Waals surface area contributed by atoms with E-state index in [1.807, 2.05) is 16.8 Å². The van der Waals surface area contributed by atoms with Crippen LogP contribution in [0.5, 0.6) is 0 Å². The highest BCUT2D eigenvalue weighted by Gasteiger charge is 2.28. The molecule has 1 atom stereocenters. The maximum absolute atomic E-state index is 13.1. The number of likely N-dealkylation sites (tertiary alicyclic amines) is 1. The topological polar surface area (TPSA) is 65.8 Å². The largest absolute Gasteiger partial charge is 0.387 e. The number of carbonyl (C=O) groups is 2. The molecule has 32 heavy (non-hydrogen) atoms. The van der Waals surface area contributed by atoms with Gasteiger partial charge in [0, 0.05) is 37.8 Å². The first kappa shape index (κ1) is 22.7. The van der Waals surface area contributed by atoms with Crippen LogP contribution in [0, 0.1) is 11.7 Å². The molecule has 1 aromatic carbocycles. The lowest BCUT2D eigenvalue weighted by Gasteiger charge is -2.31. The number of aliphatic hydroxyl groups is 1. The number of nitrogens with zero attached hydrogens (tertiary/aromatic N) is 3. The molecular formula is C25H32FN3O3. The fourth-order valence-corrected chi connectivity index (χ4v) is 4.88. The summed E-state index contributed by atoms with van der Waals surface area (Å²) in [6.45, 7) is 4.12. The van der Waals surface area contributed by atoms with Crippen LogP contribution in [0.1, 0.15) is 64.6 Å². The smallest absolute Gasteiger partial charge is 0.255 e. The van der Waals surface area contributed by atoms with Crippen molar-refractivity contribution in [3.63, 3.8) is 0 Å². The third kappa shape index (κ3) is 4.94. The lowest BCUT2D eigenvalue weighted by atomic mass is 9.89. The van der Waals surface area contributed by atoms with Crippen LogP contribution in [0.4, 0.5) is 4.39 Å². The summed E-state index contributed by atoms with van der Waals surface area (Å²) in [6, 6.07) is 7.67. The van der Waals surface area contributed by atoms with Gasteiger partial charge in [0.05, 0.1) is 17.4 Å². The Morgan fingerprint density at radius 1 is 1.03 bits per heavy atom. The van der Waals surface area contributed by atoms with Gasteiger partial charge in [0.2, 0.25) is 0 Å². The predicted molar refractivity (Wildman–Crippen MR) is 120 cm³/mol. The molecule has 0 aliphatic carbocycles. The molecule has 7 heteroatoms. The minimum absolute atomic E-state index is 0.0178. The number of ketones is 1. The Balaban J connectivity index is 1.22. The van der Waals surface area contributed by atoms with Gasteiger partial charge in [-0.05, 0) is 82.1 Å². The number of fused-ring (bicyclic) bond motifs is 1. The SMILES string of the molecule is CN1CCC(O)c2c(ccn2CCCCN2CCC(C(=O)c3ccc(F)cc3)CC2)C1=O. The van der Waals surface area contributed by atoms with Crippen molar-refractivity contribution < 1.29 is 19.1 Å². The first-order chi connectivity index (χ1) is 15.4. The number of rotatable bonds is 7. The van der Waals surface area contributed by atoms with Gasteiger partial charge in [0.25, 0.3) is 5.91 Å². The van der Waals surface area contributed by atoms with Gasteiger partial charge in [-0.15, -0.1) is 0 Å². The van der Waals surface area contributed by atoms with Gasteiger partial charge in [-0.25, -0.2) is 4.39 Å². The normalized spacial score (nSPS) is 20.3. The fraction of sp³-hybridized carbons (Fsp3) is 0.520. The summed E-state index contributed by atoms with van der Waals surface area (Å²) in [7, 11) is 1.78. The van der Waals surface area contributed by atoms with Crippen molar-refractivity contribution in [3.05, 3.63) is 59.2 Å². The molecular weight excluding hydrogens is 409 g/mol. The van der Waals surface area contributed by atoms with E-state index in [9.17, 15) is 19.1 Å². The van der Waals surface area contributed by atoms with E-state index >= 15 is 0 Å². The Labute approximate surface area is 188 Å². The van der Waals surface area contributed by atoms with Crippen molar-refractivity contribution in [2.75, 3.05) is 33.2 Å². The van der Waals surface area contributed by atoms with Crippen molar-refractivity contribution in [3.8, 4) is 0 Å². The molecule has 1 unspecified atom stereocenters. The van der Waals surface area contributed by atoms with E-state index in [0.717, 1.165) is 57.6 Å². The Bertz CT molecular complexity index is 948. The summed E-state index contributed by atoms with van der Waals surface area (Å²) >= 11 is 0. The number of halogens is 1. The standard InChI is InChI=1S/C25H32FN3O3/c1-27-14-11-22(30)23-21(25(27)32)10-17-29(23)13-3-2-12-28-15-8-19(9-16-28)24(31)18-4-6-20(26)7-5-18/h4-7,10,17,19,22,30H,2-3,8-9,11-16H2,1H3. The first-order valence-electron chi connectivity index (χ1n) is 11.6. The summed E-state index contributed by atoms with van der Waals surface area (Å²) in [5.74, 6) is -0.199. The molecule has 1 amide bonds. The second-order valence-corrected chi connectivity index (χ2v) is 9.03. The monoisotopic (exact) mass is 441 g/mol. The van der Waals surface area contributed by atoms with Crippen molar-refractivity contribution in [1.29, 1.82) is 0 Å². The zero-order valence-corrected chi connectivity index (χ0v) is 18.7. The number of hydrogen-bond acceptors (Lipinski definition) is 4. The number of aliphatic hydroxyl groups excluding tert-OH is 1. The maximum atomic E-state index is 13.1. The molecule has 0 spiro atoms. The minimum atomic E-state index is -0.605. The van der Waals surface area contributed by atoms with Gasteiger partial charge in [0.1, 0.15) is 5.82 Å². The van der Waals surface area contributed by atoms with Gasteiger partial charge in [-0.1, -0.05) is 0 Å². The Hall–Kier alpha value is -2.51. The van der Waals surface area contributed by atoms with E-state index in [1.54, 1.807) is 24.1 Å². The molecule has 1 aromatic heterocycles. The maximum Gasteiger partial charge on any atom is 0.255 e. The molecule has 4 rings (SSSR count). The van der Waals surface area contributed by atoms with Crippen molar-refractivity contribution in [2.45, 2.75) is 44.8 Å². The van der Waals surface area contributed by atoms with Gasteiger partial charge in [-0.2, -0.15) is 0 Å². The quantitative estimate of drug-likeness (QED) is 0.528. The van der Waals surface area contributed by atoms with E-state index in [-0.39, 0.29) is 23.4 Å². The molecule has 2 aromatic rings. The molecule has 172 valence electrons. The number of aryl methyl sites for hydroxylation is 1. The molecule has 1 fully saturated rings. The first-order valence-corrected chi connectivity index (χ1v) is 11.6. The molecule has 6 nitrogen and oxygen atoms in total. The number of amides is 1. The van der Waals surface area contributed by atoms with E-state index in [2.05, 4.69) is 4.90 Å². The third-order valence-corrected chi connectivity index (χ3v) is 6.85. The van der Waals surface area contributed by atoms with E-state index in [4.69, 9.17) is 0 Å². The van der Waals surface area contributed by atoms with E-state index in [0.29, 0.717) is 24.1 Å². The molecule has 2 aliphatic rings. The van der Waals surface area contributed by atoms with Crippen LogP contribution in [-0.2, 0) is 6.54 Å². The Kier molecular flexibility index (Phi) is 7.06. The second-order valence-electron chi connectivity index (χ2n) is 9.03. The van der Waals surface area contributed by atoms with Crippen LogP contribution in [0.15, 0.2) is 36.5 Å². The average Bonchev–Trinajstić information content (AvgIpc) is 3.19. The highest BCUT2D eigenvalue weighted by Crippen LogP contribution is 2.28. The van der Waals surface area contributed by atoms with Crippen LogP contribution in [0.3, 0.4) is 0 Å². The zero-order valence-electron chi connectivity index (χ0n) is 18.7. The fourth-order valence-electron chi connectivity index (χ4n) is 4.88. The van der Waals surface area contributed by atoms with E-state index < -0.39 is 6.10 Å². The zero-order chi connectivity index (χ0) is 22.7. The average molecular weight is 442 g/mol. The highest BCUT2D eigenvalue weighted by atomic mass is 19.1. The summed E-state index contributed by atoms with van der Waals surface area (Å²) < 4.78 is 15.1. The summed E-state index contributed by atoms with van der Waals surface area (Å²) in [4.78, 5) is 29.2. The molecule has 2 aliphatic heterocycles. The molecule has 1 saturated heterocycles. The van der Waals surface area contributed by atoms with Crippen LogP contribution in [-0.4, -0.2) is 64.4 Å². The number of Topliss-reactive ketones (excluding diaryl/α,β-unsaturated/α-hetero) is 1. The number of aromatic nitrogens is 1. The van der Waals surface area contributed by atoms with Crippen molar-refractivity contribution in [1.82, 2.24) is 14.4 Å². The summed E-state index contributed by atoms with van der Waals surface area (Å²) in [5, 5.41) is 10.5. The van der Waals surface area contributed by atoms with Crippen LogP contribution >= 0.6 is 0 Å². The van der Waals surface area contributed by atoms with Gasteiger partial charge < -0.3 is 19.5 Å². The third-order valence-electron chi connectivity index (χ3n) is 6.85. The molecule has 0 bridgehead atoms. The predicted octanol–water partition coefficient (Wildman–Crippen LogP) is 3.51. The number of hydrogen-bond donors (Lipinski definition) is 1. The molecule has 0 radical (unpaired) electrons. The van der Waals surface area contributed by atoms with Crippen molar-refractivity contribution in [2.24, 2.45) is 5.92 Å². The Morgan fingerprint density at radius 3 is 2.44 bits per heavy atom. The van der Waals surface area contributed by atoms with Gasteiger partial charge in [0.15, 0.2) is 5.78 Å². The second kappa shape index (κ2) is 9.96. The lowest BCUT2D eigenvalue weighted by molar-refractivity contribution is 0.0788. The summed E-state index contributed by atoms with van der Waals surface area (Å²) in [5.41, 5.74) is 1.97. The lowest BCUT2D eigenvalue weighted by Crippen LogP contribution is -2.37. The number of carbonyl (C=O) groups excluding carboxylic acids is 2. The van der Waals surface area contributed by atoms with E-state index in [1.165, 1.54) is 12.1 Å². The Morgan fingerprint density at radius 2 is 1.72 bits per heavy atom. The highest BCUT2D eigenvalue weighted by molar-refractivity contribution is 5.98. The molecule has 1 N–H and O–H groups in total.